The standard InChI is InChI=1S/C11H12N2O2/c1-3-12-13-4-2-11(5-10(1)13)15-8-9-6-14-7-9/h1-5,9H,6-8H2. The predicted molar refractivity (Wildman–Crippen MR) is 55.0 cm³/mol. The molecule has 1 aliphatic heterocycles. The molecule has 78 valence electrons. The van der Waals surface area contributed by atoms with E-state index < -0.39 is 0 Å². The molecular formula is C11H12N2O2. The van der Waals surface area contributed by atoms with E-state index in [1.807, 2.05) is 28.9 Å². The van der Waals surface area contributed by atoms with Crippen molar-refractivity contribution in [3.8, 4) is 5.75 Å². The van der Waals surface area contributed by atoms with Crippen LogP contribution in [0, 0.1) is 5.92 Å². The second kappa shape index (κ2) is 3.55. The largest absolute Gasteiger partial charge is 0.493 e. The third kappa shape index (κ3) is 1.68. The molecule has 3 heterocycles. The van der Waals surface area contributed by atoms with E-state index in [0.29, 0.717) is 5.92 Å². The van der Waals surface area contributed by atoms with Gasteiger partial charge in [-0.15, -0.1) is 0 Å². The molecule has 0 spiro atoms. The first kappa shape index (κ1) is 8.73. The van der Waals surface area contributed by atoms with Gasteiger partial charge in [0.1, 0.15) is 5.75 Å². The van der Waals surface area contributed by atoms with Crippen molar-refractivity contribution in [3.63, 3.8) is 0 Å². The van der Waals surface area contributed by atoms with Gasteiger partial charge in [0.15, 0.2) is 0 Å². The molecule has 1 saturated heterocycles. The second-order valence-corrected chi connectivity index (χ2v) is 3.78. The topological polar surface area (TPSA) is 35.8 Å². The summed E-state index contributed by atoms with van der Waals surface area (Å²) in [5.74, 6) is 1.46. The lowest BCUT2D eigenvalue weighted by Crippen LogP contribution is -2.32. The Balaban J connectivity index is 1.72. The van der Waals surface area contributed by atoms with Crippen LogP contribution >= 0.6 is 0 Å². The lowest BCUT2D eigenvalue weighted by Gasteiger charge is -2.25. The number of hydrogen-bond acceptors (Lipinski definition) is 3. The third-order valence-corrected chi connectivity index (χ3v) is 2.56. The minimum atomic E-state index is 0.561. The van der Waals surface area contributed by atoms with Crippen LogP contribution in [0.1, 0.15) is 0 Å². The zero-order valence-corrected chi connectivity index (χ0v) is 8.30. The lowest BCUT2D eigenvalue weighted by molar-refractivity contribution is -0.0508. The summed E-state index contributed by atoms with van der Waals surface area (Å²) in [7, 11) is 0. The Hall–Kier alpha value is -1.55. The molecule has 0 saturated carbocycles. The molecule has 0 atom stereocenters. The Morgan fingerprint density at radius 1 is 1.47 bits per heavy atom. The summed E-state index contributed by atoms with van der Waals surface area (Å²) >= 11 is 0. The number of hydrogen-bond donors (Lipinski definition) is 0. The van der Waals surface area contributed by atoms with Crippen LogP contribution in [-0.2, 0) is 4.74 Å². The van der Waals surface area contributed by atoms with E-state index in [-0.39, 0.29) is 0 Å². The molecular weight excluding hydrogens is 192 g/mol. The Morgan fingerprint density at radius 2 is 2.40 bits per heavy atom. The number of ether oxygens (including phenoxy) is 2. The molecule has 0 aliphatic carbocycles. The predicted octanol–water partition coefficient (Wildman–Crippen LogP) is 1.36. The molecule has 0 aromatic carbocycles. The van der Waals surface area contributed by atoms with E-state index in [1.54, 1.807) is 6.20 Å². The highest BCUT2D eigenvalue weighted by molar-refractivity contribution is 5.49. The fourth-order valence-electron chi connectivity index (χ4n) is 1.59. The number of rotatable bonds is 3. The van der Waals surface area contributed by atoms with Crippen LogP contribution in [0.25, 0.3) is 5.52 Å². The van der Waals surface area contributed by atoms with Crippen molar-refractivity contribution in [1.29, 1.82) is 0 Å². The van der Waals surface area contributed by atoms with Crippen LogP contribution in [0.2, 0.25) is 0 Å². The SMILES string of the molecule is c1cc2cc(OCC3COC3)ccn2n1. The minimum Gasteiger partial charge on any atom is -0.493 e. The highest BCUT2D eigenvalue weighted by Gasteiger charge is 2.18. The van der Waals surface area contributed by atoms with Gasteiger partial charge in [0.05, 0.1) is 25.3 Å². The van der Waals surface area contributed by atoms with Crippen molar-refractivity contribution in [1.82, 2.24) is 9.61 Å². The van der Waals surface area contributed by atoms with E-state index >= 15 is 0 Å². The van der Waals surface area contributed by atoms with Crippen LogP contribution in [0.5, 0.6) is 5.75 Å². The van der Waals surface area contributed by atoms with E-state index in [9.17, 15) is 0 Å². The van der Waals surface area contributed by atoms with Gasteiger partial charge in [0, 0.05) is 24.4 Å². The average molecular weight is 204 g/mol. The molecule has 0 unspecified atom stereocenters. The Labute approximate surface area is 87.4 Å². The lowest BCUT2D eigenvalue weighted by atomic mass is 10.1. The number of nitrogens with zero attached hydrogens (tertiary/aromatic N) is 2. The first-order chi connectivity index (χ1) is 7.42. The fraction of sp³-hybridized carbons (Fsp3) is 0.364. The van der Waals surface area contributed by atoms with Gasteiger partial charge in [0.2, 0.25) is 0 Å². The highest BCUT2D eigenvalue weighted by Crippen LogP contribution is 2.17. The van der Waals surface area contributed by atoms with Crippen molar-refractivity contribution in [3.05, 3.63) is 30.6 Å². The minimum absolute atomic E-state index is 0.561. The van der Waals surface area contributed by atoms with Gasteiger partial charge in [-0.05, 0) is 12.1 Å². The number of fused-ring (bicyclic) bond motifs is 1. The Kier molecular flexibility index (Phi) is 2.07. The fourth-order valence-corrected chi connectivity index (χ4v) is 1.59. The Morgan fingerprint density at radius 3 is 3.20 bits per heavy atom. The van der Waals surface area contributed by atoms with Crippen molar-refractivity contribution >= 4 is 5.52 Å². The molecule has 0 radical (unpaired) electrons. The summed E-state index contributed by atoms with van der Waals surface area (Å²) in [5, 5.41) is 4.12. The molecule has 2 aromatic heterocycles. The molecule has 1 aliphatic rings. The number of pyridine rings is 1. The van der Waals surface area contributed by atoms with Crippen LogP contribution < -0.4 is 4.74 Å². The van der Waals surface area contributed by atoms with Gasteiger partial charge < -0.3 is 9.47 Å². The van der Waals surface area contributed by atoms with E-state index in [2.05, 4.69) is 5.10 Å². The summed E-state index contributed by atoms with van der Waals surface area (Å²) in [4.78, 5) is 0. The molecule has 0 amide bonds. The smallest absolute Gasteiger partial charge is 0.122 e. The summed E-state index contributed by atoms with van der Waals surface area (Å²) in [6.45, 7) is 2.40. The number of aromatic nitrogens is 2. The zero-order valence-electron chi connectivity index (χ0n) is 8.30. The monoisotopic (exact) mass is 204 g/mol. The van der Waals surface area contributed by atoms with Gasteiger partial charge in [-0.1, -0.05) is 0 Å². The van der Waals surface area contributed by atoms with Crippen LogP contribution in [-0.4, -0.2) is 29.4 Å². The summed E-state index contributed by atoms with van der Waals surface area (Å²) in [6.07, 6.45) is 3.68. The van der Waals surface area contributed by atoms with Crippen LogP contribution in [0.15, 0.2) is 30.6 Å². The van der Waals surface area contributed by atoms with Crippen molar-refractivity contribution in [2.24, 2.45) is 5.92 Å². The molecule has 4 heteroatoms. The van der Waals surface area contributed by atoms with Gasteiger partial charge in [-0.3, -0.25) is 0 Å². The second-order valence-electron chi connectivity index (χ2n) is 3.78. The first-order valence-electron chi connectivity index (χ1n) is 5.06. The molecule has 3 rings (SSSR count). The highest BCUT2D eigenvalue weighted by atomic mass is 16.5. The maximum absolute atomic E-state index is 5.67. The quantitative estimate of drug-likeness (QED) is 0.757. The summed E-state index contributed by atoms with van der Waals surface area (Å²) in [5.41, 5.74) is 1.05. The van der Waals surface area contributed by atoms with Gasteiger partial charge >= 0.3 is 0 Å². The van der Waals surface area contributed by atoms with Gasteiger partial charge in [0.25, 0.3) is 0 Å². The molecule has 4 nitrogen and oxygen atoms in total. The van der Waals surface area contributed by atoms with Gasteiger partial charge in [-0.2, -0.15) is 5.10 Å². The molecule has 1 fully saturated rings. The third-order valence-electron chi connectivity index (χ3n) is 2.56. The maximum atomic E-state index is 5.67. The van der Waals surface area contributed by atoms with E-state index in [0.717, 1.165) is 31.1 Å². The summed E-state index contributed by atoms with van der Waals surface area (Å²) in [6, 6.07) is 5.88. The average Bonchev–Trinajstić information content (AvgIpc) is 2.62. The van der Waals surface area contributed by atoms with E-state index in [1.165, 1.54) is 0 Å². The van der Waals surface area contributed by atoms with Crippen molar-refractivity contribution in [2.45, 2.75) is 0 Å². The maximum Gasteiger partial charge on any atom is 0.122 e. The molecule has 0 bridgehead atoms. The van der Waals surface area contributed by atoms with Gasteiger partial charge in [-0.25, -0.2) is 4.52 Å². The zero-order chi connectivity index (χ0) is 10.1. The van der Waals surface area contributed by atoms with Crippen LogP contribution in [0.4, 0.5) is 0 Å². The normalized spacial score (nSPS) is 16.5. The summed E-state index contributed by atoms with van der Waals surface area (Å²) < 4.78 is 12.6. The van der Waals surface area contributed by atoms with Crippen molar-refractivity contribution in [2.75, 3.05) is 19.8 Å². The van der Waals surface area contributed by atoms with Crippen LogP contribution in [0.3, 0.4) is 0 Å². The molecule has 2 aromatic rings. The van der Waals surface area contributed by atoms with E-state index in [4.69, 9.17) is 9.47 Å². The molecule has 15 heavy (non-hydrogen) atoms. The molecule has 0 N–H and O–H groups in total. The first-order valence-corrected chi connectivity index (χ1v) is 5.06. The van der Waals surface area contributed by atoms with Crippen molar-refractivity contribution < 1.29 is 9.47 Å². The Bertz CT molecular complexity index is 462.